The smallest absolute Gasteiger partial charge is 0.407 e. The quantitative estimate of drug-likeness (QED) is 0.395. The first kappa shape index (κ1) is 17.0. The van der Waals surface area contributed by atoms with E-state index in [2.05, 4.69) is 16.8 Å². The highest BCUT2D eigenvalue weighted by Crippen LogP contribution is 2.23. The van der Waals surface area contributed by atoms with E-state index in [0.717, 1.165) is 11.1 Å². The van der Waals surface area contributed by atoms with Crippen LogP contribution in [0.1, 0.15) is 22.3 Å². The molecule has 0 aliphatic carbocycles. The van der Waals surface area contributed by atoms with Crippen molar-refractivity contribution < 1.29 is 5.11 Å². The van der Waals surface area contributed by atoms with E-state index in [1.165, 1.54) is 0 Å². The van der Waals surface area contributed by atoms with Crippen LogP contribution in [-0.2, 0) is 6.42 Å². The average Bonchev–Trinajstić information content (AvgIpc) is 2.72. The van der Waals surface area contributed by atoms with Gasteiger partial charge >= 0.3 is 5.70 Å². The number of aliphatic hydroxyl groups excluding tert-OH is 1. The summed E-state index contributed by atoms with van der Waals surface area (Å²) in [5, 5.41) is 20.1. The summed E-state index contributed by atoms with van der Waals surface area (Å²) in [6.07, 6.45) is 0.323. The van der Waals surface area contributed by atoms with E-state index in [9.17, 15) is 10.5 Å². The standard InChI is InChI=1S/C23H16N2O/c24-25-22(17-19-11-5-2-6-12-19)23(26)21-14-8-7-13-20(21)16-15-18-9-3-1-4-10-18/h1-14H,17H2/p+1/b23-22+. The van der Waals surface area contributed by atoms with Crippen LogP contribution in [0, 0.1) is 17.2 Å². The van der Waals surface area contributed by atoms with Crippen LogP contribution in [0.2, 0.25) is 0 Å². The molecule has 0 saturated heterocycles. The number of hydrogen-bond donors (Lipinski definition) is 1. The molecule has 0 aliphatic rings. The van der Waals surface area contributed by atoms with Crippen molar-refractivity contribution in [2.24, 2.45) is 0 Å². The maximum atomic E-state index is 10.7. The second kappa shape index (κ2) is 8.33. The molecule has 0 aromatic heterocycles. The predicted molar refractivity (Wildman–Crippen MR) is 104 cm³/mol. The monoisotopic (exact) mass is 337 g/mol. The molecule has 0 bridgehead atoms. The third-order valence-electron chi connectivity index (χ3n) is 3.91. The summed E-state index contributed by atoms with van der Waals surface area (Å²) in [7, 11) is 0. The summed E-state index contributed by atoms with van der Waals surface area (Å²) in [4.78, 5) is 3.30. The SMILES string of the molecule is N#[N+]/C(Cc1ccccc1)=C(/O)c1ccccc1C#Cc1ccccc1. The fourth-order valence-corrected chi connectivity index (χ4v) is 2.57. The number of aliphatic hydroxyl groups is 1. The first-order chi connectivity index (χ1) is 12.8. The number of allylic oxidation sites excluding steroid dienone is 1. The topological polar surface area (TPSA) is 48.4 Å². The second-order valence-corrected chi connectivity index (χ2v) is 5.72. The number of hydrogen-bond acceptors (Lipinski definition) is 2. The summed E-state index contributed by atoms with van der Waals surface area (Å²) in [6, 6.07) is 26.5. The fraction of sp³-hybridized carbons (Fsp3) is 0.0435. The van der Waals surface area contributed by atoms with Crippen molar-refractivity contribution in [1.82, 2.24) is 0 Å². The van der Waals surface area contributed by atoms with Crippen LogP contribution in [0.4, 0.5) is 0 Å². The minimum Gasteiger partial charge on any atom is -0.501 e. The van der Waals surface area contributed by atoms with Gasteiger partial charge in [0.2, 0.25) is 11.2 Å². The van der Waals surface area contributed by atoms with Gasteiger partial charge in [-0.3, -0.25) is 0 Å². The Labute approximate surface area is 152 Å². The minimum absolute atomic E-state index is 0.0747. The Morgan fingerprint density at radius 2 is 1.42 bits per heavy atom. The number of rotatable bonds is 3. The maximum absolute atomic E-state index is 10.7. The van der Waals surface area contributed by atoms with Crippen molar-refractivity contribution in [2.45, 2.75) is 6.42 Å². The molecule has 0 heterocycles. The summed E-state index contributed by atoms with van der Waals surface area (Å²) < 4.78 is 0. The van der Waals surface area contributed by atoms with Gasteiger partial charge in [-0.1, -0.05) is 72.5 Å². The van der Waals surface area contributed by atoms with Gasteiger partial charge in [0, 0.05) is 16.7 Å². The van der Waals surface area contributed by atoms with Crippen LogP contribution >= 0.6 is 0 Å². The third-order valence-corrected chi connectivity index (χ3v) is 3.91. The lowest BCUT2D eigenvalue weighted by Gasteiger charge is -2.02. The highest BCUT2D eigenvalue weighted by Gasteiger charge is 2.22. The molecule has 0 aliphatic heterocycles. The molecule has 3 aromatic carbocycles. The van der Waals surface area contributed by atoms with Crippen LogP contribution in [0.5, 0.6) is 0 Å². The summed E-state index contributed by atoms with van der Waals surface area (Å²) in [6.45, 7) is 0. The molecule has 0 fully saturated rings. The van der Waals surface area contributed by atoms with E-state index in [0.29, 0.717) is 17.5 Å². The highest BCUT2D eigenvalue weighted by atomic mass is 16.3. The molecule has 26 heavy (non-hydrogen) atoms. The van der Waals surface area contributed by atoms with Crippen molar-refractivity contribution in [2.75, 3.05) is 0 Å². The van der Waals surface area contributed by atoms with Gasteiger partial charge in [-0.2, -0.15) is 0 Å². The Bertz CT molecular complexity index is 1020. The minimum atomic E-state index is -0.0747. The molecular formula is C23H17N2O+. The molecule has 0 unspecified atom stereocenters. The molecule has 1 N–H and O–H groups in total. The zero-order chi connectivity index (χ0) is 18.2. The Kier molecular flexibility index (Phi) is 5.45. The number of nitrogens with zero attached hydrogens (tertiary/aromatic N) is 2. The zero-order valence-electron chi connectivity index (χ0n) is 14.1. The Morgan fingerprint density at radius 3 is 2.12 bits per heavy atom. The van der Waals surface area contributed by atoms with Crippen LogP contribution in [0.3, 0.4) is 0 Å². The van der Waals surface area contributed by atoms with Crippen LogP contribution in [0.25, 0.3) is 10.7 Å². The zero-order valence-corrected chi connectivity index (χ0v) is 14.1. The van der Waals surface area contributed by atoms with Gasteiger partial charge in [-0.15, -0.1) is 0 Å². The first-order valence-electron chi connectivity index (χ1n) is 8.25. The molecule has 3 nitrogen and oxygen atoms in total. The van der Waals surface area contributed by atoms with Gasteiger partial charge < -0.3 is 5.11 Å². The molecule has 0 spiro atoms. The molecule has 0 radical (unpaired) electrons. The van der Waals surface area contributed by atoms with E-state index in [4.69, 9.17) is 0 Å². The molecule has 124 valence electrons. The first-order valence-corrected chi connectivity index (χ1v) is 8.25. The lowest BCUT2D eigenvalue weighted by Crippen LogP contribution is -1.95. The molecular weight excluding hydrogens is 320 g/mol. The second-order valence-electron chi connectivity index (χ2n) is 5.72. The van der Waals surface area contributed by atoms with Gasteiger partial charge in [0.15, 0.2) is 4.98 Å². The van der Waals surface area contributed by atoms with Crippen molar-refractivity contribution in [3.63, 3.8) is 0 Å². The van der Waals surface area contributed by atoms with E-state index < -0.39 is 0 Å². The lowest BCUT2D eigenvalue weighted by atomic mass is 10.0. The van der Waals surface area contributed by atoms with E-state index >= 15 is 0 Å². The summed E-state index contributed by atoms with van der Waals surface area (Å²) in [5.74, 6) is 6.10. The van der Waals surface area contributed by atoms with Crippen molar-refractivity contribution in [3.8, 4) is 11.8 Å². The van der Waals surface area contributed by atoms with Crippen molar-refractivity contribution in [1.29, 1.82) is 5.39 Å². The Balaban J connectivity index is 1.98. The number of benzene rings is 3. The molecule has 0 amide bonds. The molecule has 3 aromatic rings. The maximum Gasteiger partial charge on any atom is 0.407 e. The van der Waals surface area contributed by atoms with E-state index in [1.54, 1.807) is 6.07 Å². The van der Waals surface area contributed by atoms with E-state index in [-0.39, 0.29) is 11.5 Å². The van der Waals surface area contributed by atoms with Gasteiger partial charge in [0.1, 0.15) is 0 Å². The van der Waals surface area contributed by atoms with Crippen LogP contribution < -0.4 is 0 Å². The fourth-order valence-electron chi connectivity index (χ4n) is 2.57. The van der Waals surface area contributed by atoms with Crippen LogP contribution in [0.15, 0.2) is 90.6 Å². The highest BCUT2D eigenvalue weighted by molar-refractivity contribution is 5.69. The van der Waals surface area contributed by atoms with Crippen molar-refractivity contribution in [3.05, 3.63) is 118 Å². The Hall–Kier alpha value is -3.82. The van der Waals surface area contributed by atoms with E-state index in [1.807, 2.05) is 78.9 Å². The predicted octanol–water partition coefficient (Wildman–Crippen LogP) is 5.41. The average molecular weight is 337 g/mol. The Morgan fingerprint density at radius 1 is 0.808 bits per heavy atom. The number of diazo groups is 1. The lowest BCUT2D eigenvalue weighted by molar-refractivity contribution is 0.506. The van der Waals surface area contributed by atoms with Gasteiger partial charge in [0.25, 0.3) is 0 Å². The van der Waals surface area contributed by atoms with Gasteiger partial charge in [0.05, 0.1) is 6.42 Å². The molecule has 0 atom stereocenters. The largest absolute Gasteiger partial charge is 0.501 e. The molecule has 3 rings (SSSR count). The molecule has 3 heteroatoms. The van der Waals surface area contributed by atoms with Gasteiger partial charge in [-0.25, -0.2) is 0 Å². The van der Waals surface area contributed by atoms with Crippen LogP contribution in [-0.4, -0.2) is 5.11 Å². The summed E-state index contributed by atoms with van der Waals surface area (Å²) in [5.41, 5.74) is 3.25. The normalized spacial score (nSPS) is 10.9. The summed E-state index contributed by atoms with van der Waals surface area (Å²) >= 11 is 0. The molecule has 0 saturated carbocycles. The van der Waals surface area contributed by atoms with Crippen molar-refractivity contribution >= 4 is 5.76 Å². The van der Waals surface area contributed by atoms with Gasteiger partial charge in [-0.05, 0) is 29.8 Å². The third kappa shape index (κ3) is 4.17.